The highest BCUT2D eigenvalue weighted by Crippen LogP contribution is 2.48. The van der Waals surface area contributed by atoms with Crippen molar-refractivity contribution in [2.24, 2.45) is 0 Å². The van der Waals surface area contributed by atoms with Crippen LogP contribution in [-0.4, -0.2) is 39.5 Å². The topological polar surface area (TPSA) is 6.48 Å². The highest BCUT2D eigenvalue weighted by atomic mass is 31.1. The summed E-state index contributed by atoms with van der Waals surface area (Å²) in [5.74, 6) is 0. The molecule has 0 aliphatic rings. The van der Waals surface area contributed by atoms with Gasteiger partial charge in [-0.25, -0.2) is 0 Å². The van der Waals surface area contributed by atoms with Crippen molar-refractivity contribution in [2.75, 3.05) is 38.0 Å². The first-order chi connectivity index (χ1) is 11.7. The third kappa shape index (κ3) is 4.36. The summed E-state index contributed by atoms with van der Waals surface area (Å²) >= 11 is 0. The summed E-state index contributed by atoms with van der Waals surface area (Å²) in [5, 5.41) is 1.53. The van der Waals surface area contributed by atoms with Crippen LogP contribution in [0.4, 0.5) is 11.4 Å². The van der Waals surface area contributed by atoms with E-state index >= 15 is 0 Å². The summed E-state index contributed by atoms with van der Waals surface area (Å²) < 4.78 is 0. The van der Waals surface area contributed by atoms with Crippen molar-refractivity contribution in [3.63, 3.8) is 0 Å². The zero-order chi connectivity index (χ0) is 18.7. The van der Waals surface area contributed by atoms with E-state index in [9.17, 15) is 0 Å². The van der Waals surface area contributed by atoms with Crippen LogP contribution >= 0.6 is 7.92 Å². The molecule has 0 amide bonds. The Morgan fingerprint density at radius 3 is 1.84 bits per heavy atom. The van der Waals surface area contributed by atoms with Gasteiger partial charge < -0.3 is 9.80 Å². The second-order valence-corrected chi connectivity index (χ2v) is 11.0. The Labute approximate surface area is 155 Å². The maximum absolute atomic E-state index is 2.37. The third-order valence-electron chi connectivity index (χ3n) is 4.56. The Kier molecular flexibility index (Phi) is 6.52. The van der Waals surface area contributed by atoms with Gasteiger partial charge in [0.15, 0.2) is 0 Å². The minimum Gasteiger partial charge on any atom is -0.378 e. The van der Waals surface area contributed by atoms with Crippen LogP contribution in [0.5, 0.6) is 0 Å². The van der Waals surface area contributed by atoms with Crippen molar-refractivity contribution in [1.29, 1.82) is 0 Å². The van der Waals surface area contributed by atoms with Crippen LogP contribution in [0, 0.1) is 0 Å². The number of nitrogens with zero attached hydrogens (tertiary/aromatic N) is 2. The van der Waals surface area contributed by atoms with Gasteiger partial charge in [-0.2, -0.15) is 0 Å². The second kappa shape index (κ2) is 8.23. The van der Waals surface area contributed by atoms with E-state index in [0.717, 1.165) is 0 Å². The molecule has 2 rings (SSSR count). The molecule has 0 heterocycles. The zero-order valence-corrected chi connectivity index (χ0v) is 17.9. The van der Waals surface area contributed by atoms with Gasteiger partial charge in [0, 0.05) is 45.1 Å². The zero-order valence-electron chi connectivity index (χ0n) is 17.0. The van der Waals surface area contributed by atoms with Crippen LogP contribution in [0.1, 0.15) is 27.7 Å². The second-order valence-electron chi connectivity index (χ2n) is 7.60. The van der Waals surface area contributed by atoms with Gasteiger partial charge in [0.25, 0.3) is 0 Å². The molecular formula is C22H33N2P. The van der Waals surface area contributed by atoms with Crippen molar-refractivity contribution < 1.29 is 0 Å². The minimum absolute atomic E-state index is 0.199. The Hall–Kier alpha value is -1.53. The molecule has 3 heteroatoms. The molecule has 2 aromatic rings. The van der Waals surface area contributed by atoms with Gasteiger partial charge in [0.2, 0.25) is 0 Å². The Morgan fingerprint density at radius 1 is 0.720 bits per heavy atom. The molecule has 0 radical (unpaired) electrons. The molecule has 0 aliphatic heterocycles. The van der Waals surface area contributed by atoms with E-state index in [4.69, 9.17) is 0 Å². The fraction of sp³-hybridized carbons (Fsp3) is 0.455. The average Bonchev–Trinajstić information content (AvgIpc) is 2.54. The lowest BCUT2D eigenvalue weighted by atomic mass is 10.0. The first-order valence-corrected chi connectivity index (χ1v) is 10.6. The largest absolute Gasteiger partial charge is 0.378 e. The van der Waals surface area contributed by atoms with Crippen molar-refractivity contribution in [2.45, 2.75) is 39.0 Å². The van der Waals surface area contributed by atoms with E-state index in [1.54, 1.807) is 0 Å². The molecule has 0 fully saturated rings. The van der Waals surface area contributed by atoms with Crippen LogP contribution in [0.25, 0.3) is 11.1 Å². The Balaban J connectivity index is 2.67. The molecule has 0 saturated heterocycles. The molecule has 0 aliphatic carbocycles. The van der Waals surface area contributed by atoms with E-state index in [1.165, 1.54) is 27.8 Å². The fourth-order valence-electron chi connectivity index (χ4n) is 3.48. The fourth-order valence-corrected chi connectivity index (χ4v) is 6.51. The van der Waals surface area contributed by atoms with Crippen molar-refractivity contribution >= 4 is 24.6 Å². The molecule has 0 bridgehead atoms. The van der Waals surface area contributed by atoms with Gasteiger partial charge >= 0.3 is 0 Å². The molecular weight excluding hydrogens is 323 g/mol. The van der Waals surface area contributed by atoms with Crippen LogP contribution in [0.2, 0.25) is 0 Å². The smallest absolute Gasteiger partial charge is 0.0461 e. The quantitative estimate of drug-likeness (QED) is 0.639. The molecule has 2 aromatic carbocycles. The van der Waals surface area contributed by atoms with Gasteiger partial charge in [0.05, 0.1) is 0 Å². The van der Waals surface area contributed by atoms with Gasteiger partial charge in [-0.3, -0.25) is 0 Å². The predicted octanol–water partition coefficient (Wildman–Crippen LogP) is 5.41. The first-order valence-electron chi connectivity index (χ1n) is 9.10. The Bertz CT molecular complexity index is 697. The van der Waals surface area contributed by atoms with Gasteiger partial charge in [0.1, 0.15) is 0 Å². The number of hydrogen-bond acceptors (Lipinski definition) is 2. The monoisotopic (exact) mass is 356 g/mol. The summed E-state index contributed by atoms with van der Waals surface area (Å²) in [4.78, 5) is 4.39. The first kappa shape index (κ1) is 19.8. The highest BCUT2D eigenvalue weighted by Gasteiger charge is 2.23. The molecule has 25 heavy (non-hydrogen) atoms. The lowest BCUT2D eigenvalue weighted by molar-refractivity contribution is 1.02. The maximum atomic E-state index is 2.37. The molecule has 2 nitrogen and oxygen atoms in total. The summed E-state index contributed by atoms with van der Waals surface area (Å²) in [5.41, 5.74) is 6.60. The van der Waals surface area contributed by atoms with E-state index in [1.807, 2.05) is 0 Å². The predicted molar refractivity (Wildman–Crippen MR) is 117 cm³/mol. The van der Waals surface area contributed by atoms with E-state index in [-0.39, 0.29) is 7.92 Å². The maximum Gasteiger partial charge on any atom is 0.0461 e. The molecule has 0 N–H and O–H groups in total. The lowest BCUT2D eigenvalue weighted by Gasteiger charge is -2.30. The third-order valence-corrected chi connectivity index (χ3v) is 7.74. The highest BCUT2D eigenvalue weighted by molar-refractivity contribution is 7.67. The summed E-state index contributed by atoms with van der Waals surface area (Å²) in [7, 11) is 8.26. The van der Waals surface area contributed by atoms with Crippen LogP contribution in [-0.2, 0) is 0 Å². The van der Waals surface area contributed by atoms with E-state index < -0.39 is 0 Å². The average molecular weight is 356 g/mol. The normalized spacial score (nSPS) is 11.5. The molecule has 0 aromatic heterocycles. The molecule has 0 spiro atoms. The lowest BCUT2D eigenvalue weighted by Crippen LogP contribution is -2.19. The van der Waals surface area contributed by atoms with Crippen molar-refractivity contribution in [3.05, 3.63) is 42.5 Å². The Morgan fingerprint density at radius 2 is 1.32 bits per heavy atom. The summed E-state index contributed by atoms with van der Waals surface area (Å²) in [6.45, 7) is 9.46. The van der Waals surface area contributed by atoms with Gasteiger partial charge in [-0.05, 0) is 34.3 Å². The number of rotatable bonds is 6. The minimum atomic E-state index is -0.199. The SMILES string of the molecule is CC(C)P(c1ccccc1-c1ccc(N(C)C)cc1N(C)C)C(C)C. The van der Waals surface area contributed by atoms with E-state index in [0.29, 0.717) is 11.3 Å². The standard InChI is InChI=1S/C22H33N2P/c1-16(2)25(17(3)4)22-12-10-9-11-20(22)19-14-13-18(23(5)6)15-21(19)24(7)8/h9-17H,1-8H3. The van der Waals surface area contributed by atoms with E-state index in [2.05, 4.69) is 108 Å². The summed E-state index contributed by atoms with van der Waals surface area (Å²) in [6.07, 6.45) is 0. The summed E-state index contributed by atoms with van der Waals surface area (Å²) in [6, 6.07) is 15.8. The molecule has 0 atom stereocenters. The molecule has 0 unspecified atom stereocenters. The van der Waals surface area contributed by atoms with Gasteiger partial charge in [-0.15, -0.1) is 0 Å². The van der Waals surface area contributed by atoms with Crippen molar-refractivity contribution in [3.8, 4) is 11.1 Å². The van der Waals surface area contributed by atoms with Crippen LogP contribution < -0.4 is 15.1 Å². The number of anilines is 2. The van der Waals surface area contributed by atoms with Crippen molar-refractivity contribution in [1.82, 2.24) is 0 Å². The van der Waals surface area contributed by atoms with Crippen LogP contribution in [0.3, 0.4) is 0 Å². The molecule has 136 valence electrons. The van der Waals surface area contributed by atoms with Crippen LogP contribution in [0.15, 0.2) is 42.5 Å². The number of hydrogen-bond donors (Lipinski definition) is 0. The van der Waals surface area contributed by atoms with Gasteiger partial charge in [-0.1, -0.05) is 65.9 Å². The molecule has 0 saturated carbocycles. The number of benzene rings is 2.